The summed E-state index contributed by atoms with van der Waals surface area (Å²) in [6.07, 6.45) is 1.34. The van der Waals surface area contributed by atoms with Gasteiger partial charge < -0.3 is 4.90 Å². The number of aromatic nitrogens is 2. The minimum Gasteiger partial charge on any atom is -0.302 e. The lowest BCUT2D eigenvalue weighted by atomic mass is 9.90. The van der Waals surface area contributed by atoms with Crippen LogP contribution in [0, 0.1) is 5.92 Å². The number of fused-ring (bicyclic) bond motifs is 2. The minimum atomic E-state index is 0.636. The van der Waals surface area contributed by atoms with E-state index in [0.717, 1.165) is 17.4 Å². The van der Waals surface area contributed by atoms with E-state index in [4.69, 9.17) is 0 Å². The Morgan fingerprint density at radius 2 is 1.95 bits per heavy atom. The molecule has 2 aliphatic heterocycles. The number of nitrogens with zero attached hydrogens (tertiary/aromatic N) is 3. The van der Waals surface area contributed by atoms with Gasteiger partial charge in [-0.2, -0.15) is 8.75 Å². The first kappa shape index (κ1) is 15.0. The maximum Gasteiger partial charge on any atom is 0.134 e. The van der Waals surface area contributed by atoms with Crippen LogP contribution in [0.4, 0.5) is 0 Å². The molecule has 3 nitrogen and oxygen atoms in total. The molecule has 0 aliphatic carbocycles. The van der Waals surface area contributed by atoms with Gasteiger partial charge in [-0.25, -0.2) is 0 Å². The number of rotatable bonds is 6. The molecule has 116 valence electrons. The van der Waals surface area contributed by atoms with Crippen molar-refractivity contribution in [3.63, 3.8) is 0 Å². The summed E-state index contributed by atoms with van der Waals surface area (Å²) in [6.45, 7) is 3.76. The summed E-state index contributed by atoms with van der Waals surface area (Å²) in [5.41, 5.74) is 1.28. The van der Waals surface area contributed by atoms with Crippen LogP contribution < -0.4 is 0 Å². The van der Waals surface area contributed by atoms with Gasteiger partial charge in [0.2, 0.25) is 0 Å². The van der Waals surface area contributed by atoms with Crippen molar-refractivity contribution in [1.29, 1.82) is 0 Å². The van der Waals surface area contributed by atoms with E-state index in [1.54, 1.807) is 0 Å². The number of benzene rings is 1. The zero-order valence-corrected chi connectivity index (χ0v) is 14.8. The summed E-state index contributed by atoms with van der Waals surface area (Å²) in [7, 11) is 0. The molecule has 0 radical (unpaired) electrons. The molecule has 3 atom stereocenters. The summed E-state index contributed by atoms with van der Waals surface area (Å²) in [6, 6.07) is 10.6. The smallest absolute Gasteiger partial charge is 0.134 e. The van der Waals surface area contributed by atoms with E-state index >= 15 is 0 Å². The molecular formula is C16H19N3S3. The van der Waals surface area contributed by atoms with Crippen molar-refractivity contribution in [3.05, 3.63) is 36.0 Å². The van der Waals surface area contributed by atoms with Gasteiger partial charge in [0, 0.05) is 35.4 Å². The molecular weight excluding hydrogens is 330 g/mol. The van der Waals surface area contributed by atoms with Crippen LogP contribution in [0.2, 0.25) is 0 Å². The van der Waals surface area contributed by atoms with Gasteiger partial charge >= 0.3 is 0 Å². The predicted molar refractivity (Wildman–Crippen MR) is 95.1 cm³/mol. The van der Waals surface area contributed by atoms with Gasteiger partial charge in [-0.05, 0) is 31.0 Å². The zero-order valence-electron chi connectivity index (χ0n) is 12.4. The van der Waals surface area contributed by atoms with Crippen LogP contribution in [-0.4, -0.2) is 44.8 Å². The van der Waals surface area contributed by atoms with Crippen LogP contribution in [0.5, 0.6) is 0 Å². The lowest BCUT2D eigenvalue weighted by Gasteiger charge is -2.20. The molecule has 0 saturated carbocycles. The fourth-order valence-electron chi connectivity index (χ4n) is 3.42. The number of hydrogen-bond acceptors (Lipinski definition) is 6. The molecule has 2 saturated heterocycles. The maximum atomic E-state index is 4.63. The van der Waals surface area contributed by atoms with Gasteiger partial charge in [0.25, 0.3) is 0 Å². The molecule has 3 unspecified atom stereocenters. The van der Waals surface area contributed by atoms with Crippen LogP contribution in [0.15, 0.2) is 40.3 Å². The van der Waals surface area contributed by atoms with Crippen molar-refractivity contribution < 1.29 is 0 Å². The first-order valence-electron chi connectivity index (χ1n) is 7.75. The maximum absolute atomic E-state index is 4.63. The van der Waals surface area contributed by atoms with Crippen LogP contribution in [0.25, 0.3) is 0 Å². The SMILES string of the molecule is c1ccc(SCCSc2nsnc2C2CN3CCC2C3)cc1. The largest absolute Gasteiger partial charge is 0.302 e. The van der Waals surface area contributed by atoms with Crippen LogP contribution >= 0.6 is 35.3 Å². The first-order chi connectivity index (χ1) is 10.9. The highest BCUT2D eigenvalue weighted by Gasteiger charge is 2.41. The Balaban J connectivity index is 1.31. The summed E-state index contributed by atoms with van der Waals surface area (Å²) in [4.78, 5) is 3.93. The van der Waals surface area contributed by atoms with Gasteiger partial charge in [-0.3, -0.25) is 0 Å². The molecule has 1 aromatic heterocycles. The van der Waals surface area contributed by atoms with Crippen molar-refractivity contribution in [2.24, 2.45) is 5.92 Å². The third-order valence-electron chi connectivity index (χ3n) is 4.50. The van der Waals surface area contributed by atoms with Crippen molar-refractivity contribution >= 4 is 35.3 Å². The predicted octanol–water partition coefficient (Wildman–Crippen LogP) is 3.84. The second-order valence-corrected chi connectivity index (χ2v) is 8.66. The Hall–Kier alpha value is -0.560. The Bertz CT molecular complexity index is 616. The molecule has 0 spiro atoms. The lowest BCUT2D eigenvalue weighted by Crippen LogP contribution is -2.22. The van der Waals surface area contributed by atoms with E-state index in [1.165, 1.54) is 53.4 Å². The molecule has 0 N–H and O–H groups in total. The number of hydrogen-bond donors (Lipinski definition) is 0. The molecule has 4 rings (SSSR count). The average Bonchev–Trinajstić information content (AvgIpc) is 3.28. The summed E-state index contributed by atoms with van der Waals surface area (Å²) < 4.78 is 9.18. The standard InChI is InChI=1S/C16H19N3S3/c1-2-4-13(5-3-1)20-8-9-21-16-15(17-22-18-16)14-11-19-7-6-12(14)10-19/h1-5,12,14H,6-11H2. The van der Waals surface area contributed by atoms with Crippen molar-refractivity contribution in [2.75, 3.05) is 31.1 Å². The monoisotopic (exact) mass is 349 g/mol. The molecule has 2 aromatic rings. The van der Waals surface area contributed by atoms with E-state index in [-0.39, 0.29) is 0 Å². The Labute approximate surface area is 144 Å². The Kier molecular flexibility index (Phi) is 4.71. The molecule has 2 aliphatic rings. The second kappa shape index (κ2) is 6.91. The van der Waals surface area contributed by atoms with Gasteiger partial charge in [0.1, 0.15) is 5.03 Å². The molecule has 3 heterocycles. The minimum absolute atomic E-state index is 0.636. The Morgan fingerprint density at radius 1 is 1.09 bits per heavy atom. The fraction of sp³-hybridized carbons (Fsp3) is 0.500. The third kappa shape index (κ3) is 3.20. The highest BCUT2D eigenvalue weighted by Crippen LogP contribution is 2.42. The molecule has 2 bridgehead atoms. The first-order valence-corrected chi connectivity index (χ1v) is 10.5. The second-order valence-electron chi connectivity index (χ2n) is 5.88. The van der Waals surface area contributed by atoms with E-state index in [1.807, 2.05) is 23.5 Å². The summed E-state index contributed by atoms with van der Waals surface area (Å²) in [5.74, 6) is 3.67. The van der Waals surface area contributed by atoms with E-state index in [0.29, 0.717) is 5.92 Å². The molecule has 6 heteroatoms. The van der Waals surface area contributed by atoms with Gasteiger partial charge in [0.15, 0.2) is 0 Å². The normalized spacial score (nSPS) is 26.6. The molecule has 1 aromatic carbocycles. The molecule has 22 heavy (non-hydrogen) atoms. The average molecular weight is 350 g/mol. The van der Waals surface area contributed by atoms with Crippen LogP contribution in [0.1, 0.15) is 18.0 Å². The van der Waals surface area contributed by atoms with Gasteiger partial charge in [0.05, 0.1) is 17.4 Å². The number of piperidine rings is 1. The summed E-state index contributed by atoms with van der Waals surface area (Å²) in [5, 5.41) is 1.19. The quantitative estimate of drug-likeness (QED) is 0.584. The van der Waals surface area contributed by atoms with Crippen molar-refractivity contribution in [1.82, 2.24) is 13.6 Å². The molecule has 0 amide bonds. The van der Waals surface area contributed by atoms with Crippen molar-refractivity contribution in [2.45, 2.75) is 22.3 Å². The summed E-state index contributed by atoms with van der Waals surface area (Å²) >= 11 is 5.19. The van der Waals surface area contributed by atoms with Gasteiger partial charge in [-0.15, -0.1) is 23.5 Å². The zero-order chi connectivity index (χ0) is 14.8. The van der Waals surface area contributed by atoms with Crippen LogP contribution in [0.3, 0.4) is 0 Å². The number of thioether (sulfide) groups is 2. The highest BCUT2D eigenvalue weighted by molar-refractivity contribution is 8.03. The third-order valence-corrected chi connectivity index (χ3v) is 7.41. The Morgan fingerprint density at radius 3 is 2.73 bits per heavy atom. The molecule has 2 fully saturated rings. The highest BCUT2D eigenvalue weighted by atomic mass is 32.2. The fourth-order valence-corrected chi connectivity index (χ4v) is 6.10. The lowest BCUT2D eigenvalue weighted by molar-refractivity contribution is 0.342. The topological polar surface area (TPSA) is 29.0 Å². The van der Waals surface area contributed by atoms with Crippen molar-refractivity contribution in [3.8, 4) is 0 Å². The van der Waals surface area contributed by atoms with E-state index in [9.17, 15) is 0 Å². The van der Waals surface area contributed by atoms with E-state index < -0.39 is 0 Å². The van der Waals surface area contributed by atoms with E-state index in [2.05, 4.69) is 44.0 Å². The van der Waals surface area contributed by atoms with Crippen LogP contribution in [-0.2, 0) is 0 Å². The van der Waals surface area contributed by atoms with Gasteiger partial charge in [-0.1, -0.05) is 18.2 Å².